The third kappa shape index (κ3) is 3.63. The number of nitrogens with zero attached hydrogens (tertiary/aromatic N) is 2. The minimum atomic E-state index is -0.128. The third-order valence-corrected chi connectivity index (χ3v) is 4.63. The highest BCUT2D eigenvalue weighted by Crippen LogP contribution is 2.19. The zero-order chi connectivity index (χ0) is 16.9. The fourth-order valence-corrected chi connectivity index (χ4v) is 3.06. The average Bonchev–Trinajstić information content (AvgIpc) is 3.09. The van der Waals surface area contributed by atoms with E-state index in [1.807, 2.05) is 53.4 Å². The summed E-state index contributed by atoms with van der Waals surface area (Å²) in [6.07, 6.45) is 5.64. The van der Waals surface area contributed by atoms with Gasteiger partial charge in [-0.25, -0.2) is 4.98 Å². The molecule has 0 spiro atoms. The van der Waals surface area contributed by atoms with Gasteiger partial charge in [0.1, 0.15) is 0 Å². The molecule has 0 bridgehead atoms. The Morgan fingerprint density at radius 3 is 2.67 bits per heavy atom. The van der Waals surface area contributed by atoms with Gasteiger partial charge in [0.05, 0.1) is 0 Å². The van der Waals surface area contributed by atoms with Crippen molar-refractivity contribution in [1.29, 1.82) is 0 Å². The number of hydrogen-bond donors (Lipinski definition) is 1. The number of nitrogens with one attached hydrogen (secondary N) is 1. The fraction of sp³-hybridized carbons (Fsp3) is 0.111. The molecule has 2 aromatic carbocycles. The number of rotatable bonds is 5. The summed E-state index contributed by atoms with van der Waals surface area (Å²) in [7, 11) is 0. The van der Waals surface area contributed by atoms with Crippen LogP contribution >= 0.6 is 23.4 Å². The SMILES string of the molecule is CSc1nccn1-c1ccc(C(=O)NCc2ccccc2Cl)cc1. The van der Waals surface area contributed by atoms with Crippen LogP contribution in [0.3, 0.4) is 0 Å². The molecule has 4 nitrogen and oxygen atoms in total. The van der Waals surface area contributed by atoms with Gasteiger partial charge in [0.2, 0.25) is 0 Å². The van der Waals surface area contributed by atoms with Gasteiger partial charge < -0.3 is 5.32 Å². The summed E-state index contributed by atoms with van der Waals surface area (Å²) in [6, 6.07) is 14.9. The van der Waals surface area contributed by atoms with Crippen LogP contribution in [-0.4, -0.2) is 21.7 Å². The van der Waals surface area contributed by atoms with Gasteiger partial charge in [-0.1, -0.05) is 41.6 Å². The quantitative estimate of drug-likeness (QED) is 0.697. The van der Waals surface area contributed by atoms with Crippen molar-refractivity contribution in [2.75, 3.05) is 6.26 Å². The second kappa shape index (κ2) is 7.55. The molecule has 0 aliphatic heterocycles. The molecule has 0 aliphatic rings. The number of benzene rings is 2. The van der Waals surface area contributed by atoms with Crippen LogP contribution in [0, 0.1) is 0 Å². The van der Waals surface area contributed by atoms with Crippen molar-refractivity contribution in [3.8, 4) is 5.69 Å². The van der Waals surface area contributed by atoms with Crippen LogP contribution in [0.2, 0.25) is 5.02 Å². The zero-order valence-corrected chi connectivity index (χ0v) is 14.6. The standard InChI is InChI=1S/C18H16ClN3OS/c1-24-18-20-10-11-22(18)15-8-6-13(7-9-15)17(23)21-12-14-4-2-3-5-16(14)19/h2-11H,12H2,1H3,(H,21,23). The molecule has 3 aromatic rings. The molecule has 6 heteroatoms. The highest BCUT2D eigenvalue weighted by Gasteiger charge is 2.08. The first-order chi connectivity index (χ1) is 11.7. The summed E-state index contributed by atoms with van der Waals surface area (Å²) >= 11 is 7.67. The van der Waals surface area contributed by atoms with E-state index in [9.17, 15) is 4.79 Å². The molecular weight excluding hydrogens is 342 g/mol. The lowest BCUT2D eigenvalue weighted by molar-refractivity contribution is 0.0951. The molecule has 1 N–H and O–H groups in total. The van der Waals surface area contributed by atoms with Crippen molar-refractivity contribution < 1.29 is 4.79 Å². The van der Waals surface area contributed by atoms with Crippen molar-refractivity contribution in [3.05, 3.63) is 77.1 Å². The molecule has 1 aromatic heterocycles. The predicted molar refractivity (Wildman–Crippen MR) is 98.0 cm³/mol. The first kappa shape index (κ1) is 16.6. The maximum atomic E-state index is 12.3. The van der Waals surface area contributed by atoms with Crippen LogP contribution in [0.15, 0.2) is 66.1 Å². The van der Waals surface area contributed by atoms with Gasteiger partial charge in [-0.05, 0) is 42.2 Å². The first-order valence-electron chi connectivity index (χ1n) is 7.38. The van der Waals surface area contributed by atoms with Crippen molar-refractivity contribution in [2.45, 2.75) is 11.7 Å². The zero-order valence-electron chi connectivity index (χ0n) is 13.1. The molecule has 0 saturated heterocycles. The van der Waals surface area contributed by atoms with Gasteiger partial charge in [0.15, 0.2) is 5.16 Å². The lowest BCUT2D eigenvalue weighted by Crippen LogP contribution is -2.22. The smallest absolute Gasteiger partial charge is 0.251 e. The van der Waals surface area contributed by atoms with Crippen LogP contribution in [0.1, 0.15) is 15.9 Å². The molecule has 0 atom stereocenters. The Bertz CT molecular complexity index is 845. The van der Waals surface area contributed by atoms with Gasteiger partial charge in [-0.3, -0.25) is 9.36 Å². The van der Waals surface area contributed by atoms with Crippen LogP contribution in [0.5, 0.6) is 0 Å². The maximum Gasteiger partial charge on any atom is 0.251 e. The Labute approximate surface area is 149 Å². The maximum absolute atomic E-state index is 12.3. The summed E-state index contributed by atoms with van der Waals surface area (Å²) in [6.45, 7) is 0.401. The highest BCUT2D eigenvalue weighted by molar-refractivity contribution is 7.98. The lowest BCUT2D eigenvalue weighted by atomic mass is 10.1. The number of carbonyl (C=O) groups is 1. The summed E-state index contributed by atoms with van der Waals surface area (Å²) in [5.41, 5.74) is 2.48. The molecule has 0 aliphatic carbocycles. The number of aromatic nitrogens is 2. The average molecular weight is 358 g/mol. The molecule has 0 radical (unpaired) electrons. The van der Waals surface area contributed by atoms with Crippen LogP contribution in [-0.2, 0) is 6.54 Å². The number of imidazole rings is 1. The number of hydrogen-bond acceptors (Lipinski definition) is 3. The summed E-state index contributed by atoms with van der Waals surface area (Å²) < 4.78 is 1.98. The Morgan fingerprint density at radius 1 is 1.21 bits per heavy atom. The van der Waals surface area contributed by atoms with Crippen molar-refractivity contribution in [2.24, 2.45) is 0 Å². The van der Waals surface area contributed by atoms with E-state index in [2.05, 4.69) is 10.3 Å². The molecule has 1 heterocycles. The normalized spacial score (nSPS) is 10.6. The molecule has 3 rings (SSSR count). The summed E-state index contributed by atoms with van der Waals surface area (Å²) in [4.78, 5) is 16.5. The second-order valence-electron chi connectivity index (χ2n) is 5.10. The minimum absolute atomic E-state index is 0.128. The van der Waals surface area contributed by atoms with Crippen molar-refractivity contribution in [1.82, 2.24) is 14.9 Å². The Morgan fingerprint density at radius 2 is 1.96 bits per heavy atom. The number of amides is 1. The van der Waals surface area contributed by atoms with E-state index in [0.29, 0.717) is 17.1 Å². The summed E-state index contributed by atoms with van der Waals surface area (Å²) in [5, 5.41) is 4.45. The largest absolute Gasteiger partial charge is 0.348 e. The first-order valence-corrected chi connectivity index (χ1v) is 8.98. The van der Waals surface area contributed by atoms with Gasteiger partial charge >= 0.3 is 0 Å². The predicted octanol–water partition coefficient (Wildman–Crippen LogP) is 4.18. The molecule has 24 heavy (non-hydrogen) atoms. The van der Waals surface area contributed by atoms with Crippen molar-refractivity contribution >= 4 is 29.3 Å². The molecule has 0 saturated carbocycles. The van der Waals surface area contributed by atoms with E-state index in [4.69, 9.17) is 11.6 Å². The van der Waals surface area contributed by atoms with E-state index in [0.717, 1.165) is 16.4 Å². The topological polar surface area (TPSA) is 46.9 Å². The van der Waals surface area contributed by atoms with Gasteiger partial charge in [0.25, 0.3) is 5.91 Å². The van der Waals surface area contributed by atoms with E-state index >= 15 is 0 Å². The van der Waals surface area contributed by atoms with E-state index in [1.165, 1.54) is 0 Å². The van der Waals surface area contributed by atoms with Gasteiger partial charge in [-0.15, -0.1) is 0 Å². The second-order valence-corrected chi connectivity index (χ2v) is 6.29. The summed E-state index contributed by atoms with van der Waals surface area (Å²) in [5.74, 6) is -0.128. The van der Waals surface area contributed by atoms with Crippen LogP contribution in [0.25, 0.3) is 5.69 Å². The third-order valence-electron chi connectivity index (χ3n) is 3.59. The number of thioether (sulfide) groups is 1. The van der Waals surface area contributed by atoms with Crippen LogP contribution < -0.4 is 5.32 Å². The van der Waals surface area contributed by atoms with Gasteiger partial charge in [-0.2, -0.15) is 0 Å². The van der Waals surface area contributed by atoms with Crippen molar-refractivity contribution in [3.63, 3.8) is 0 Å². The van der Waals surface area contributed by atoms with Gasteiger partial charge in [0, 0.05) is 35.2 Å². The Hall–Kier alpha value is -2.24. The van der Waals surface area contributed by atoms with E-state index in [-0.39, 0.29) is 5.91 Å². The monoisotopic (exact) mass is 357 g/mol. The highest BCUT2D eigenvalue weighted by atomic mass is 35.5. The molecule has 0 fully saturated rings. The Balaban J connectivity index is 1.69. The molecule has 122 valence electrons. The van der Waals surface area contributed by atoms with Crippen LogP contribution in [0.4, 0.5) is 0 Å². The minimum Gasteiger partial charge on any atom is -0.348 e. The number of halogens is 1. The molecule has 1 amide bonds. The fourth-order valence-electron chi connectivity index (χ4n) is 2.33. The Kier molecular flexibility index (Phi) is 5.23. The number of carbonyl (C=O) groups excluding carboxylic acids is 1. The van der Waals surface area contributed by atoms with E-state index in [1.54, 1.807) is 30.1 Å². The molecular formula is C18H16ClN3OS. The lowest BCUT2D eigenvalue weighted by Gasteiger charge is -2.09. The van der Waals surface area contributed by atoms with E-state index < -0.39 is 0 Å². The molecule has 0 unspecified atom stereocenters.